The lowest BCUT2D eigenvalue weighted by molar-refractivity contribution is -0.128. The molecule has 0 unspecified atom stereocenters. The quantitative estimate of drug-likeness (QED) is 0.442. The van der Waals surface area contributed by atoms with Gasteiger partial charge in [0.25, 0.3) is 0 Å². The summed E-state index contributed by atoms with van der Waals surface area (Å²) in [6.45, 7) is 6.27. The second-order valence-electron chi connectivity index (χ2n) is 10.3. The number of Topliss-reactive ketones (excluding diaryl/α,β-unsaturated/α-hetero) is 1. The zero-order valence-corrected chi connectivity index (χ0v) is 22.1. The zero-order chi connectivity index (χ0) is 26.2. The SMILES string of the molecule is CCOCC1(CC(=O)C2CN(c3cc(C)c4c(=O)c(C(=O)O)cn(-c5nccs5)c4n3)C2)CCCCC1. The predicted molar refractivity (Wildman–Crippen MR) is 142 cm³/mol. The maximum absolute atomic E-state index is 13.3. The van der Waals surface area contributed by atoms with Crippen LogP contribution in [0.3, 0.4) is 0 Å². The van der Waals surface area contributed by atoms with Crippen LogP contribution in [0.5, 0.6) is 0 Å². The molecule has 0 bridgehead atoms. The largest absolute Gasteiger partial charge is 0.477 e. The van der Waals surface area contributed by atoms with Crippen LogP contribution in [-0.4, -0.2) is 57.7 Å². The summed E-state index contributed by atoms with van der Waals surface area (Å²) in [6.07, 6.45) is 9.12. The van der Waals surface area contributed by atoms with Crippen LogP contribution in [0, 0.1) is 18.3 Å². The first-order valence-corrected chi connectivity index (χ1v) is 13.8. The van der Waals surface area contributed by atoms with Crippen molar-refractivity contribution in [2.45, 2.75) is 52.4 Å². The number of nitrogens with zero attached hydrogens (tertiary/aromatic N) is 4. The van der Waals surface area contributed by atoms with E-state index in [0.29, 0.717) is 60.7 Å². The number of fused-ring (bicyclic) bond motifs is 1. The van der Waals surface area contributed by atoms with Crippen molar-refractivity contribution in [1.29, 1.82) is 0 Å². The molecule has 1 aliphatic heterocycles. The minimum atomic E-state index is -1.29. The molecule has 0 amide bonds. The molecule has 1 saturated carbocycles. The first-order chi connectivity index (χ1) is 17.8. The molecule has 10 heteroatoms. The number of anilines is 1. The van der Waals surface area contributed by atoms with E-state index in [-0.39, 0.29) is 22.3 Å². The van der Waals surface area contributed by atoms with Crippen LogP contribution in [0.15, 0.2) is 28.6 Å². The molecule has 1 aliphatic carbocycles. The second kappa shape index (κ2) is 10.3. The van der Waals surface area contributed by atoms with Crippen LogP contribution in [0.4, 0.5) is 5.82 Å². The van der Waals surface area contributed by atoms with E-state index in [1.807, 2.05) is 11.8 Å². The van der Waals surface area contributed by atoms with Crippen molar-refractivity contribution in [3.8, 4) is 5.13 Å². The van der Waals surface area contributed by atoms with Gasteiger partial charge in [-0.15, -0.1) is 11.3 Å². The number of aromatic nitrogens is 3. The fourth-order valence-corrected chi connectivity index (χ4v) is 6.27. The number of hydrogen-bond acceptors (Lipinski definition) is 8. The third-order valence-electron chi connectivity index (χ3n) is 7.73. The van der Waals surface area contributed by atoms with Gasteiger partial charge in [0.05, 0.1) is 17.9 Å². The monoisotopic (exact) mass is 524 g/mol. The Hall–Kier alpha value is -3.11. The van der Waals surface area contributed by atoms with Crippen molar-refractivity contribution in [2.24, 2.45) is 11.3 Å². The topological polar surface area (TPSA) is 115 Å². The summed E-state index contributed by atoms with van der Waals surface area (Å²) in [5, 5.41) is 12.2. The van der Waals surface area contributed by atoms with E-state index in [1.54, 1.807) is 29.1 Å². The smallest absolute Gasteiger partial charge is 0.341 e. The van der Waals surface area contributed by atoms with Crippen LogP contribution < -0.4 is 10.3 Å². The minimum Gasteiger partial charge on any atom is -0.477 e. The van der Waals surface area contributed by atoms with Gasteiger partial charge in [-0.1, -0.05) is 19.3 Å². The Morgan fingerprint density at radius 1 is 1.24 bits per heavy atom. The number of ketones is 1. The molecule has 4 heterocycles. The third kappa shape index (κ3) is 4.92. The van der Waals surface area contributed by atoms with Crippen molar-refractivity contribution >= 4 is 39.9 Å². The number of carboxylic acids is 1. The van der Waals surface area contributed by atoms with E-state index in [0.717, 1.165) is 25.7 Å². The Bertz CT molecular complexity index is 1370. The number of hydrogen-bond donors (Lipinski definition) is 1. The summed E-state index contributed by atoms with van der Waals surface area (Å²) < 4.78 is 7.36. The first kappa shape index (κ1) is 25.5. The van der Waals surface area contributed by atoms with E-state index in [2.05, 4.69) is 4.98 Å². The molecule has 1 saturated heterocycles. The van der Waals surface area contributed by atoms with Gasteiger partial charge in [0, 0.05) is 49.3 Å². The molecule has 3 aromatic heterocycles. The molecule has 0 radical (unpaired) electrons. The average molecular weight is 525 g/mol. The Morgan fingerprint density at radius 2 is 2.00 bits per heavy atom. The molecule has 0 atom stereocenters. The molecule has 5 rings (SSSR count). The van der Waals surface area contributed by atoms with Gasteiger partial charge in [0.1, 0.15) is 17.2 Å². The Kier molecular flexibility index (Phi) is 7.13. The summed E-state index contributed by atoms with van der Waals surface area (Å²) in [7, 11) is 0. The van der Waals surface area contributed by atoms with Crippen LogP contribution in [-0.2, 0) is 9.53 Å². The third-order valence-corrected chi connectivity index (χ3v) is 8.51. The van der Waals surface area contributed by atoms with Crippen LogP contribution >= 0.6 is 11.3 Å². The molecule has 9 nitrogen and oxygen atoms in total. The summed E-state index contributed by atoms with van der Waals surface area (Å²) in [5.74, 6) is -0.372. The molecular formula is C27H32N4O5S. The van der Waals surface area contributed by atoms with Gasteiger partial charge in [0.15, 0.2) is 10.8 Å². The van der Waals surface area contributed by atoms with E-state index < -0.39 is 11.4 Å². The van der Waals surface area contributed by atoms with Gasteiger partial charge >= 0.3 is 5.97 Å². The molecule has 2 aliphatic rings. The number of aryl methyl sites for hydroxylation is 1. The molecule has 2 fully saturated rings. The fourth-order valence-electron chi connectivity index (χ4n) is 5.65. The van der Waals surface area contributed by atoms with Crippen molar-refractivity contribution in [1.82, 2.24) is 14.5 Å². The number of carbonyl (C=O) groups is 2. The number of rotatable bonds is 9. The van der Waals surface area contributed by atoms with Crippen molar-refractivity contribution < 1.29 is 19.4 Å². The molecule has 1 N–H and O–H groups in total. The van der Waals surface area contributed by atoms with E-state index in [1.165, 1.54) is 24.0 Å². The van der Waals surface area contributed by atoms with Gasteiger partial charge in [-0.05, 0) is 38.3 Å². The number of thiazole rings is 1. The normalized spacial score (nSPS) is 17.6. The van der Waals surface area contributed by atoms with Crippen LogP contribution in [0.1, 0.15) is 61.4 Å². The fraction of sp³-hybridized carbons (Fsp3) is 0.519. The van der Waals surface area contributed by atoms with E-state index >= 15 is 0 Å². The highest BCUT2D eigenvalue weighted by Crippen LogP contribution is 2.41. The molecule has 196 valence electrons. The maximum atomic E-state index is 13.3. The minimum absolute atomic E-state index is 0.0326. The van der Waals surface area contributed by atoms with Gasteiger partial charge in [0.2, 0.25) is 5.43 Å². The molecule has 37 heavy (non-hydrogen) atoms. The highest BCUT2D eigenvalue weighted by atomic mass is 32.1. The van der Waals surface area contributed by atoms with Gasteiger partial charge in [-0.3, -0.25) is 14.2 Å². The van der Waals surface area contributed by atoms with E-state index in [9.17, 15) is 19.5 Å². The second-order valence-corrected chi connectivity index (χ2v) is 11.2. The summed E-state index contributed by atoms with van der Waals surface area (Å²) in [4.78, 5) is 49.1. The number of pyridine rings is 2. The Labute approximate surface area is 219 Å². The van der Waals surface area contributed by atoms with E-state index in [4.69, 9.17) is 9.72 Å². The average Bonchev–Trinajstić information content (AvgIpc) is 3.37. The Morgan fingerprint density at radius 3 is 2.65 bits per heavy atom. The number of aromatic carboxylic acids is 1. The van der Waals surface area contributed by atoms with Crippen LogP contribution in [0.25, 0.3) is 16.2 Å². The van der Waals surface area contributed by atoms with Crippen molar-refractivity contribution in [2.75, 3.05) is 31.2 Å². The lowest BCUT2D eigenvalue weighted by Gasteiger charge is -2.42. The molecule has 0 spiro atoms. The lowest BCUT2D eigenvalue weighted by Crippen LogP contribution is -2.52. The van der Waals surface area contributed by atoms with Crippen molar-refractivity contribution in [3.63, 3.8) is 0 Å². The van der Waals surface area contributed by atoms with Crippen molar-refractivity contribution in [3.05, 3.63) is 45.2 Å². The zero-order valence-electron chi connectivity index (χ0n) is 21.2. The summed E-state index contributed by atoms with van der Waals surface area (Å²) >= 11 is 1.33. The number of carboxylic acid groups (broad SMARTS) is 1. The first-order valence-electron chi connectivity index (χ1n) is 12.9. The molecular weight excluding hydrogens is 492 g/mol. The summed E-state index contributed by atoms with van der Waals surface area (Å²) in [6, 6.07) is 1.81. The maximum Gasteiger partial charge on any atom is 0.341 e. The van der Waals surface area contributed by atoms with Crippen LogP contribution in [0.2, 0.25) is 0 Å². The Balaban J connectivity index is 1.40. The number of carbonyl (C=O) groups excluding carboxylic acids is 1. The van der Waals surface area contributed by atoms with Gasteiger partial charge < -0.3 is 14.7 Å². The highest BCUT2D eigenvalue weighted by Gasteiger charge is 2.40. The standard InChI is InChI=1S/C27H32N4O5S/c1-3-36-16-27(7-5-4-6-8-27)12-20(32)18-13-30(14-18)21-11-17(2)22-23(33)19(25(34)35)15-31(24(22)29-21)26-28-9-10-37-26/h9-11,15,18H,3-8,12-14,16H2,1-2H3,(H,34,35). The van der Waals surface area contributed by atoms with Gasteiger partial charge in [-0.25, -0.2) is 14.8 Å². The summed E-state index contributed by atoms with van der Waals surface area (Å²) in [5.41, 5.74) is 0.0998. The molecule has 0 aromatic carbocycles. The lowest BCUT2D eigenvalue weighted by atomic mass is 9.70. The molecule has 3 aromatic rings. The van der Waals surface area contributed by atoms with Gasteiger partial charge in [-0.2, -0.15) is 0 Å². The highest BCUT2D eigenvalue weighted by molar-refractivity contribution is 7.12. The number of ether oxygens (including phenoxy) is 1. The predicted octanol–water partition coefficient (Wildman–Crippen LogP) is 4.23.